The van der Waals surface area contributed by atoms with E-state index < -0.39 is 7.14 Å². The Kier molecular flexibility index (Phi) is 13.2. The van der Waals surface area contributed by atoms with Crippen LogP contribution in [0.4, 0.5) is 28.8 Å². The van der Waals surface area contributed by atoms with Crippen molar-refractivity contribution in [1.29, 1.82) is 0 Å². The van der Waals surface area contributed by atoms with Gasteiger partial charge in [-0.05, 0) is 90.0 Å². The number of anilines is 5. The van der Waals surface area contributed by atoms with Crippen LogP contribution in [0.2, 0.25) is 0 Å². The zero-order chi connectivity index (χ0) is 39.8. The van der Waals surface area contributed by atoms with Gasteiger partial charge in [-0.3, -0.25) is 29.8 Å². The molecule has 1 saturated heterocycles. The van der Waals surface area contributed by atoms with Crippen molar-refractivity contribution < 1.29 is 23.6 Å². The summed E-state index contributed by atoms with van der Waals surface area (Å²) in [4.78, 5) is 45.0. The number of piperazine rings is 1. The summed E-state index contributed by atoms with van der Waals surface area (Å²) in [6, 6.07) is 15.8. The van der Waals surface area contributed by atoms with Crippen molar-refractivity contribution in [2.45, 2.75) is 32.6 Å². The Labute approximate surface area is 335 Å². The molecule has 0 spiro atoms. The average Bonchev–Trinajstić information content (AvgIpc) is 3.18. The van der Waals surface area contributed by atoms with E-state index in [4.69, 9.17) is 14.5 Å². The lowest BCUT2D eigenvalue weighted by molar-refractivity contribution is -0.125. The number of hydrogen-bond donors (Lipinski definition) is 3. The van der Waals surface area contributed by atoms with Gasteiger partial charge in [-0.15, -0.1) is 0 Å². The maximum atomic E-state index is 13.4. The molecule has 0 aliphatic carbocycles. The third kappa shape index (κ3) is 10.00. The van der Waals surface area contributed by atoms with Gasteiger partial charge in [0.25, 0.3) is 0 Å². The maximum absolute atomic E-state index is 13.4. The van der Waals surface area contributed by atoms with Crippen LogP contribution >= 0.6 is 23.1 Å². The summed E-state index contributed by atoms with van der Waals surface area (Å²) >= 11 is 3.57. The Morgan fingerprint density at radius 3 is 2.46 bits per heavy atom. The number of imide groups is 1. The summed E-state index contributed by atoms with van der Waals surface area (Å²) in [7, 11) is -1.12. The van der Waals surface area contributed by atoms with Crippen LogP contribution < -0.4 is 35.6 Å². The van der Waals surface area contributed by atoms with Crippen molar-refractivity contribution in [3.63, 3.8) is 0 Å². The number of carbonyl (C=O) groups is 2. The number of nitrogens with one attached hydrogen (secondary N) is 3. The molecule has 3 heterocycles. The fraction of sp³-hybridized carbons (Fsp3) is 0.350. The van der Waals surface area contributed by atoms with Gasteiger partial charge >= 0.3 is 0 Å². The van der Waals surface area contributed by atoms with Crippen molar-refractivity contribution in [1.82, 2.24) is 30.2 Å². The van der Waals surface area contributed by atoms with E-state index in [9.17, 15) is 14.2 Å². The number of methoxy groups -OCH3 is 1. The lowest BCUT2D eigenvalue weighted by Gasteiger charge is -2.37. The van der Waals surface area contributed by atoms with E-state index in [0.717, 1.165) is 61.0 Å². The SMILES string of the molecule is COc1cc(N2CCN(CCOc3ccc(C(C)CCC(=O)NC=O)cc3)CC2)c(C)cc1Nc1ncc(Br)c(Nc2ccc3nccnc3c2P(C)(C)=O)n1. The highest BCUT2D eigenvalue weighted by Crippen LogP contribution is 2.41. The first-order valence-electron chi connectivity index (χ1n) is 18.4. The molecule has 0 saturated carbocycles. The Balaban J connectivity index is 1.04. The van der Waals surface area contributed by atoms with Crippen molar-refractivity contribution in [2.75, 3.05) is 75.3 Å². The Hall–Kier alpha value is -5.11. The Bertz CT molecular complexity index is 2230. The molecule has 3 aromatic carbocycles. The highest BCUT2D eigenvalue weighted by molar-refractivity contribution is 9.10. The lowest BCUT2D eigenvalue weighted by Crippen LogP contribution is -2.47. The molecule has 1 aliphatic rings. The number of nitrogens with zero attached hydrogens (tertiary/aromatic N) is 6. The molecule has 5 aromatic rings. The van der Waals surface area contributed by atoms with Gasteiger partial charge in [0.2, 0.25) is 18.3 Å². The van der Waals surface area contributed by atoms with Gasteiger partial charge in [0.05, 0.1) is 33.8 Å². The predicted molar refractivity (Wildman–Crippen MR) is 225 cm³/mol. The highest BCUT2D eigenvalue weighted by atomic mass is 79.9. The van der Waals surface area contributed by atoms with Crippen LogP contribution in [-0.4, -0.2) is 96.9 Å². The first-order valence-corrected chi connectivity index (χ1v) is 21.8. The number of aryl methyl sites for hydroxylation is 1. The molecule has 0 radical (unpaired) electrons. The van der Waals surface area contributed by atoms with Crippen LogP contribution in [0.3, 0.4) is 0 Å². The van der Waals surface area contributed by atoms with Crippen LogP contribution in [0, 0.1) is 6.92 Å². The van der Waals surface area contributed by atoms with Gasteiger partial charge in [-0.2, -0.15) is 4.98 Å². The Morgan fingerprint density at radius 2 is 1.75 bits per heavy atom. The molecule has 6 rings (SSSR count). The summed E-state index contributed by atoms with van der Waals surface area (Å²) in [6.07, 6.45) is 6.28. The van der Waals surface area contributed by atoms with Crippen molar-refractivity contribution in [2.24, 2.45) is 0 Å². The van der Waals surface area contributed by atoms with Gasteiger partial charge in [0, 0.05) is 69.5 Å². The van der Waals surface area contributed by atoms with Crippen LogP contribution in [0.25, 0.3) is 11.0 Å². The van der Waals surface area contributed by atoms with Crippen molar-refractivity contribution >= 4 is 80.6 Å². The third-order valence-corrected chi connectivity index (χ3v) is 11.9. The van der Waals surface area contributed by atoms with E-state index in [1.54, 1.807) is 39.0 Å². The number of aromatic nitrogens is 4. The zero-order valence-electron chi connectivity index (χ0n) is 32.2. The van der Waals surface area contributed by atoms with Crippen molar-refractivity contribution in [3.05, 3.63) is 82.7 Å². The molecule has 1 unspecified atom stereocenters. The summed E-state index contributed by atoms with van der Waals surface area (Å²) in [6.45, 7) is 12.5. The highest BCUT2D eigenvalue weighted by Gasteiger charge is 2.24. The zero-order valence-corrected chi connectivity index (χ0v) is 34.7. The van der Waals surface area contributed by atoms with Crippen molar-refractivity contribution in [3.8, 4) is 11.5 Å². The molecule has 56 heavy (non-hydrogen) atoms. The van der Waals surface area contributed by atoms with E-state index in [1.165, 1.54) is 0 Å². The molecule has 2 aromatic heterocycles. The smallest absolute Gasteiger partial charge is 0.229 e. The number of hydrogen-bond acceptors (Lipinski definition) is 13. The number of rotatable bonds is 16. The molecule has 2 amide bonds. The topological polar surface area (TPSA) is 164 Å². The predicted octanol–water partition coefficient (Wildman–Crippen LogP) is 6.59. The summed E-state index contributed by atoms with van der Waals surface area (Å²) < 4.78 is 26.0. The molecule has 294 valence electrons. The minimum absolute atomic E-state index is 0.193. The second-order valence-corrected chi connectivity index (χ2v) is 18.1. The van der Waals surface area contributed by atoms with Crippen LogP contribution in [0.1, 0.15) is 36.8 Å². The number of ether oxygens (including phenoxy) is 2. The number of benzene rings is 3. The van der Waals surface area contributed by atoms with E-state index >= 15 is 0 Å². The number of fused-ring (bicyclic) bond motifs is 1. The van der Waals surface area contributed by atoms with Crippen LogP contribution in [0.5, 0.6) is 11.5 Å². The minimum Gasteiger partial charge on any atom is -0.494 e. The standard InChI is InChI=1S/C40H47BrN9O5P/c1-26(6-13-36(52)45-25-51)28-7-9-29(10-8-28)55-21-20-49-16-18-50(19-17-49)34-23-35(54-3)33(22-27(34)2)47-40-44-24-30(41)39(48-40)46-32-12-11-31-37(43-15-14-42-31)38(32)56(4,5)53/h7-12,14-15,22-26H,6,13,16-21H2,1-5H3,(H,45,51,52)(H2,44,46,47,48). The average molecular weight is 845 g/mol. The molecule has 1 atom stereocenters. The van der Waals surface area contributed by atoms with Gasteiger partial charge in [-0.1, -0.05) is 19.1 Å². The second-order valence-electron chi connectivity index (χ2n) is 14.1. The van der Waals surface area contributed by atoms with Gasteiger partial charge in [-0.25, -0.2) is 4.98 Å². The van der Waals surface area contributed by atoms with Crippen LogP contribution in [0.15, 0.2) is 71.6 Å². The first kappa shape index (κ1) is 40.6. The van der Waals surface area contributed by atoms with Gasteiger partial charge < -0.3 is 29.6 Å². The minimum atomic E-state index is -2.77. The van der Waals surface area contributed by atoms with E-state index in [2.05, 4.69) is 76.5 Å². The molecule has 16 heteroatoms. The maximum Gasteiger partial charge on any atom is 0.229 e. The normalized spacial score (nSPS) is 13.9. The number of carbonyl (C=O) groups excluding carboxylic acids is 2. The molecular formula is C40H47BrN9O5P. The van der Waals surface area contributed by atoms with E-state index in [-0.39, 0.29) is 11.8 Å². The fourth-order valence-electron chi connectivity index (χ4n) is 6.77. The number of halogens is 1. The third-order valence-electron chi connectivity index (χ3n) is 9.78. The summed E-state index contributed by atoms with van der Waals surface area (Å²) in [5.74, 6) is 2.27. The van der Waals surface area contributed by atoms with Crippen LogP contribution in [-0.2, 0) is 14.2 Å². The Morgan fingerprint density at radius 1 is 1.00 bits per heavy atom. The van der Waals surface area contributed by atoms with Gasteiger partial charge in [0.15, 0.2) is 0 Å². The molecule has 14 nitrogen and oxygen atoms in total. The number of amides is 2. The molecule has 0 bridgehead atoms. The quantitative estimate of drug-likeness (QED) is 0.0721. The molecular weight excluding hydrogens is 797 g/mol. The van der Waals surface area contributed by atoms with E-state index in [1.807, 2.05) is 42.5 Å². The second kappa shape index (κ2) is 18.2. The summed E-state index contributed by atoms with van der Waals surface area (Å²) in [5.41, 5.74) is 5.95. The molecule has 1 fully saturated rings. The molecule has 3 N–H and O–H groups in total. The molecule has 1 aliphatic heterocycles. The van der Waals surface area contributed by atoms with E-state index in [0.29, 0.717) is 69.9 Å². The van der Waals surface area contributed by atoms with Gasteiger partial charge in [0.1, 0.15) is 36.6 Å². The monoisotopic (exact) mass is 843 g/mol. The largest absolute Gasteiger partial charge is 0.494 e. The summed E-state index contributed by atoms with van der Waals surface area (Å²) in [5, 5.41) is 9.48. The lowest BCUT2D eigenvalue weighted by atomic mass is 9.96. The fourth-order valence-corrected chi connectivity index (χ4v) is 8.45. The first-order chi connectivity index (χ1) is 26.9.